The van der Waals surface area contributed by atoms with E-state index in [1.54, 1.807) is 24.3 Å². The fourth-order valence-electron chi connectivity index (χ4n) is 1.44. The molecule has 0 aliphatic rings. The van der Waals surface area contributed by atoms with Gasteiger partial charge in [0.25, 0.3) is 0 Å². The van der Waals surface area contributed by atoms with Gasteiger partial charge in [0.1, 0.15) is 12.1 Å². The minimum absolute atomic E-state index is 0.200. The largest absolute Gasteiger partial charge is 0.478 e. The van der Waals surface area contributed by atoms with Gasteiger partial charge in [-0.25, -0.2) is 14.8 Å². The Kier molecular flexibility index (Phi) is 3.57. The third-order valence-corrected chi connectivity index (χ3v) is 2.96. The molecular formula is C12H10BrN3O2. The van der Waals surface area contributed by atoms with Crippen molar-refractivity contribution in [2.45, 2.75) is 6.92 Å². The van der Waals surface area contributed by atoms with E-state index in [9.17, 15) is 4.79 Å². The van der Waals surface area contributed by atoms with Crippen LogP contribution < -0.4 is 5.32 Å². The highest BCUT2D eigenvalue weighted by molar-refractivity contribution is 9.10. The molecule has 6 heteroatoms. The lowest BCUT2D eigenvalue weighted by Gasteiger charge is -2.07. The smallest absolute Gasteiger partial charge is 0.336 e. The fraction of sp³-hybridized carbons (Fsp3) is 0.0833. The monoisotopic (exact) mass is 307 g/mol. The number of hydrogen-bond acceptors (Lipinski definition) is 4. The van der Waals surface area contributed by atoms with Gasteiger partial charge >= 0.3 is 5.97 Å². The zero-order chi connectivity index (χ0) is 13.1. The molecule has 92 valence electrons. The summed E-state index contributed by atoms with van der Waals surface area (Å²) in [7, 11) is 0. The van der Waals surface area contributed by atoms with E-state index in [2.05, 4.69) is 31.2 Å². The molecule has 1 aromatic carbocycles. The van der Waals surface area contributed by atoms with Gasteiger partial charge in [0, 0.05) is 21.9 Å². The highest BCUT2D eigenvalue weighted by Gasteiger charge is 2.09. The molecule has 0 amide bonds. The molecule has 1 aromatic heterocycles. The molecule has 0 aliphatic heterocycles. The Morgan fingerprint density at radius 2 is 2.11 bits per heavy atom. The molecule has 0 aliphatic carbocycles. The normalized spacial score (nSPS) is 10.1. The maximum atomic E-state index is 11.0. The second-order valence-electron chi connectivity index (χ2n) is 3.67. The van der Waals surface area contributed by atoms with Crippen LogP contribution >= 0.6 is 15.9 Å². The van der Waals surface area contributed by atoms with Gasteiger partial charge in [-0.3, -0.25) is 0 Å². The Balaban J connectivity index is 2.30. The number of anilines is 2. The van der Waals surface area contributed by atoms with Crippen LogP contribution in [0.15, 0.2) is 35.1 Å². The van der Waals surface area contributed by atoms with E-state index in [1.165, 1.54) is 6.33 Å². The fourth-order valence-corrected chi connectivity index (χ4v) is 1.85. The molecule has 0 saturated heterocycles. The number of halogens is 1. The van der Waals surface area contributed by atoms with Crippen molar-refractivity contribution >= 4 is 33.4 Å². The average Bonchev–Trinajstić information content (AvgIpc) is 2.31. The Morgan fingerprint density at radius 1 is 1.33 bits per heavy atom. The van der Waals surface area contributed by atoms with E-state index >= 15 is 0 Å². The first-order valence-corrected chi connectivity index (χ1v) is 5.94. The van der Waals surface area contributed by atoms with Crippen molar-refractivity contribution in [1.82, 2.24) is 9.97 Å². The van der Waals surface area contributed by atoms with Crippen LogP contribution in [0.25, 0.3) is 0 Å². The van der Waals surface area contributed by atoms with Gasteiger partial charge in [0.15, 0.2) is 0 Å². The van der Waals surface area contributed by atoms with Gasteiger partial charge in [0.2, 0.25) is 0 Å². The standard InChI is InChI=1S/C12H10BrN3O2/c1-7-4-11(15-6-14-7)16-8-2-3-10(13)9(5-8)12(17)18/h2-6H,1H3,(H,17,18)(H,14,15,16). The number of rotatable bonds is 3. The summed E-state index contributed by atoms with van der Waals surface area (Å²) in [6, 6.07) is 6.78. The molecular weight excluding hydrogens is 298 g/mol. The van der Waals surface area contributed by atoms with E-state index in [-0.39, 0.29) is 5.56 Å². The van der Waals surface area contributed by atoms with E-state index < -0.39 is 5.97 Å². The molecule has 0 saturated carbocycles. The van der Waals surface area contributed by atoms with Gasteiger partial charge in [-0.15, -0.1) is 0 Å². The SMILES string of the molecule is Cc1cc(Nc2ccc(Br)c(C(=O)O)c2)ncn1. The maximum Gasteiger partial charge on any atom is 0.336 e. The van der Waals surface area contributed by atoms with Gasteiger partial charge < -0.3 is 10.4 Å². The summed E-state index contributed by atoms with van der Waals surface area (Å²) in [4.78, 5) is 19.0. The van der Waals surface area contributed by atoms with Crippen LogP contribution in [0.4, 0.5) is 11.5 Å². The van der Waals surface area contributed by atoms with E-state index in [4.69, 9.17) is 5.11 Å². The number of hydrogen-bond donors (Lipinski definition) is 2. The predicted molar refractivity (Wildman–Crippen MR) is 71.2 cm³/mol. The number of aromatic nitrogens is 2. The quantitative estimate of drug-likeness (QED) is 0.911. The Hall–Kier alpha value is -1.95. The van der Waals surface area contributed by atoms with E-state index in [1.807, 2.05) is 6.92 Å². The van der Waals surface area contributed by atoms with Crippen LogP contribution in [0, 0.1) is 6.92 Å². The van der Waals surface area contributed by atoms with E-state index in [0.717, 1.165) is 5.69 Å². The number of carbonyl (C=O) groups is 1. The summed E-state index contributed by atoms with van der Waals surface area (Å²) < 4.78 is 0.541. The molecule has 0 atom stereocenters. The van der Waals surface area contributed by atoms with Gasteiger partial charge in [-0.1, -0.05) is 0 Å². The highest BCUT2D eigenvalue weighted by Crippen LogP contribution is 2.23. The van der Waals surface area contributed by atoms with Crippen LogP contribution in [-0.4, -0.2) is 21.0 Å². The molecule has 0 radical (unpaired) electrons. The van der Waals surface area contributed by atoms with Crippen molar-refractivity contribution in [2.24, 2.45) is 0 Å². The zero-order valence-electron chi connectivity index (χ0n) is 9.51. The number of carboxylic acid groups (broad SMARTS) is 1. The van der Waals surface area contributed by atoms with Crippen molar-refractivity contribution in [2.75, 3.05) is 5.32 Å². The van der Waals surface area contributed by atoms with Gasteiger partial charge in [-0.05, 0) is 41.1 Å². The second kappa shape index (κ2) is 5.14. The minimum atomic E-state index is -0.982. The molecule has 2 rings (SSSR count). The van der Waals surface area contributed by atoms with Crippen LogP contribution in [0.5, 0.6) is 0 Å². The predicted octanol–water partition coefficient (Wildman–Crippen LogP) is 2.99. The lowest BCUT2D eigenvalue weighted by Crippen LogP contribution is -2.00. The lowest BCUT2D eigenvalue weighted by molar-refractivity contribution is 0.0696. The summed E-state index contributed by atoms with van der Waals surface area (Å²) in [5.41, 5.74) is 1.70. The molecule has 0 fully saturated rings. The van der Waals surface area contributed by atoms with Crippen LogP contribution in [0.3, 0.4) is 0 Å². The molecule has 18 heavy (non-hydrogen) atoms. The number of nitrogens with one attached hydrogen (secondary N) is 1. The Labute approximate surface area is 112 Å². The summed E-state index contributed by atoms with van der Waals surface area (Å²) in [6.07, 6.45) is 1.45. The first-order valence-electron chi connectivity index (χ1n) is 5.15. The summed E-state index contributed by atoms with van der Waals surface area (Å²) in [6.45, 7) is 1.86. The summed E-state index contributed by atoms with van der Waals surface area (Å²) in [5, 5.41) is 12.0. The first-order chi connectivity index (χ1) is 8.56. The number of aryl methyl sites for hydroxylation is 1. The van der Waals surface area contributed by atoms with Crippen molar-refractivity contribution in [1.29, 1.82) is 0 Å². The molecule has 2 N–H and O–H groups in total. The van der Waals surface area contributed by atoms with Crippen molar-refractivity contribution in [3.8, 4) is 0 Å². The van der Waals surface area contributed by atoms with E-state index in [0.29, 0.717) is 16.0 Å². The second-order valence-corrected chi connectivity index (χ2v) is 4.52. The number of nitrogens with zero attached hydrogens (tertiary/aromatic N) is 2. The number of carboxylic acids is 1. The number of benzene rings is 1. The van der Waals surface area contributed by atoms with Gasteiger partial charge in [-0.2, -0.15) is 0 Å². The molecule has 2 aromatic rings. The van der Waals surface area contributed by atoms with Crippen LogP contribution in [-0.2, 0) is 0 Å². The Morgan fingerprint density at radius 3 is 2.78 bits per heavy atom. The lowest BCUT2D eigenvalue weighted by atomic mass is 10.2. The molecule has 5 nitrogen and oxygen atoms in total. The highest BCUT2D eigenvalue weighted by atomic mass is 79.9. The summed E-state index contributed by atoms with van der Waals surface area (Å²) in [5.74, 6) is -0.356. The third kappa shape index (κ3) is 2.84. The average molecular weight is 308 g/mol. The summed E-state index contributed by atoms with van der Waals surface area (Å²) >= 11 is 3.19. The maximum absolute atomic E-state index is 11.0. The zero-order valence-corrected chi connectivity index (χ0v) is 11.1. The van der Waals surface area contributed by atoms with Gasteiger partial charge in [0.05, 0.1) is 5.56 Å². The molecule has 0 bridgehead atoms. The van der Waals surface area contributed by atoms with Crippen molar-refractivity contribution < 1.29 is 9.90 Å². The van der Waals surface area contributed by atoms with Crippen LogP contribution in [0.1, 0.15) is 16.1 Å². The molecule has 1 heterocycles. The topological polar surface area (TPSA) is 75.1 Å². The van der Waals surface area contributed by atoms with Crippen LogP contribution in [0.2, 0.25) is 0 Å². The molecule has 0 unspecified atom stereocenters. The first kappa shape index (κ1) is 12.5. The molecule has 0 spiro atoms. The minimum Gasteiger partial charge on any atom is -0.478 e. The third-order valence-electron chi connectivity index (χ3n) is 2.27. The van der Waals surface area contributed by atoms with Crippen molar-refractivity contribution in [3.63, 3.8) is 0 Å². The Bertz CT molecular complexity index is 602. The van der Waals surface area contributed by atoms with Crippen molar-refractivity contribution in [3.05, 3.63) is 46.3 Å². The number of aromatic carboxylic acids is 1.